The number of nitro benzene ring substituents is 1. The minimum Gasteiger partial charge on any atom is -0.469 e. The Morgan fingerprint density at radius 3 is 2.68 bits per heavy atom. The number of aryl methyl sites for hydroxylation is 2. The van der Waals surface area contributed by atoms with E-state index in [4.69, 9.17) is 0 Å². The van der Waals surface area contributed by atoms with Crippen molar-refractivity contribution in [3.63, 3.8) is 0 Å². The summed E-state index contributed by atoms with van der Waals surface area (Å²) in [6, 6.07) is 11.5. The topological polar surface area (TPSA) is 104 Å². The maximum atomic E-state index is 12.7. The van der Waals surface area contributed by atoms with Gasteiger partial charge in [-0.05, 0) is 24.6 Å². The van der Waals surface area contributed by atoms with Crippen LogP contribution in [0.1, 0.15) is 22.3 Å². The third kappa shape index (κ3) is 3.99. The van der Waals surface area contributed by atoms with Gasteiger partial charge in [-0.2, -0.15) is 4.99 Å². The monoisotopic (exact) mass is 399 g/mol. The minimum atomic E-state index is -0.479. The Labute approximate surface area is 163 Å². The van der Waals surface area contributed by atoms with Crippen molar-refractivity contribution >= 4 is 39.1 Å². The number of amides is 1. The van der Waals surface area contributed by atoms with E-state index in [1.807, 2.05) is 19.1 Å². The smallest absolute Gasteiger partial charge is 0.307 e. The lowest BCUT2D eigenvalue weighted by molar-refractivity contribution is -0.384. The van der Waals surface area contributed by atoms with E-state index in [1.54, 1.807) is 22.8 Å². The second-order valence-electron chi connectivity index (χ2n) is 6.00. The highest BCUT2D eigenvalue weighted by molar-refractivity contribution is 7.16. The SMILES string of the molecule is COC(=O)CCn1c(=NC(=O)c2ccccc2C)sc2cc([N+](=O)[O-])ccc21. The Balaban J connectivity index is 2.13. The number of esters is 1. The average Bonchev–Trinajstić information content (AvgIpc) is 3.02. The second kappa shape index (κ2) is 8.13. The van der Waals surface area contributed by atoms with E-state index in [0.29, 0.717) is 20.6 Å². The first-order chi connectivity index (χ1) is 13.4. The van der Waals surface area contributed by atoms with E-state index >= 15 is 0 Å². The van der Waals surface area contributed by atoms with Crippen LogP contribution in [-0.2, 0) is 16.1 Å². The Hall–Kier alpha value is -3.33. The van der Waals surface area contributed by atoms with E-state index in [9.17, 15) is 19.7 Å². The molecule has 28 heavy (non-hydrogen) atoms. The van der Waals surface area contributed by atoms with E-state index < -0.39 is 16.8 Å². The molecule has 1 aromatic heterocycles. The molecule has 0 spiro atoms. The third-order valence-corrected chi connectivity index (χ3v) is 5.26. The first-order valence-electron chi connectivity index (χ1n) is 8.40. The van der Waals surface area contributed by atoms with Crippen molar-refractivity contribution in [2.45, 2.75) is 19.9 Å². The summed E-state index contributed by atoms with van der Waals surface area (Å²) in [5.41, 5.74) is 1.89. The fraction of sp³-hybridized carbons (Fsp3) is 0.211. The van der Waals surface area contributed by atoms with Gasteiger partial charge >= 0.3 is 5.97 Å². The van der Waals surface area contributed by atoms with Crippen molar-refractivity contribution in [2.24, 2.45) is 4.99 Å². The molecule has 2 aromatic carbocycles. The zero-order valence-corrected chi connectivity index (χ0v) is 16.1. The lowest BCUT2D eigenvalue weighted by atomic mass is 10.1. The molecule has 144 valence electrons. The number of aromatic nitrogens is 1. The van der Waals surface area contributed by atoms with Gasteiger partial charge in [0.05, 0.1) is 28.7 Å². The predicted octanol–water partition coefficient (Wildman–Crippen LogP) is 3.22. The lowest BCUT2D eigenvalue weighted by Crippen LogP contribution is -2.19. The van der Waals surface area contributed by atoms with Crippen molar-refractivity contribution in [2.75, 3.05) is 7.11 Å². The summed E-state index contributed by atoms with van der Waals surface area (Å²) in [7, 11) is 1.30. The molecule has 0 aliphatic heterocycles. The molecule has 0 N–H and O–H groups in total. The molecule has 0 aliphatic rings. The van der Waals surface area contributed by atoms with Crippen LogP contribution >= 0.6 is 11.3 Å². The highest BCUT2D eigenvalue weighted by Crippen LogP contribution is 2.23. The molecule has 3 aromatic rings. The molecule has 1 heterocycles. The van der Waals surface area contributed by atoms with Crippen molar-refractivity contribution < 1.29 is 19.2 Å². The highest BCUT2D eigenvalue weighted by Gasteiger charge is 2.15. The number of non-ortho nitro benzene ring substituents is 1. The van der Waals surface area contributed by atoms with Crippen LogP contribution in [0.3, 0.4) is 0 Å². The maximum absolute atomic E-state index is 12.7. The number of rotatable bonds is 5. The Bertz CT molecular complexity index is 1150. The molecule has 1 amide bonds. The zero-order valence-electron chi connectivity index (χ0n) is 15.2. The largest absolute Gasteiger partial charge is 0.469 e. The van der Waals surface area contributed by atoms with Gasteiger partial charge in [0.1, 0.15) is 0 Å². The quantitative estimate of drug-likeness (QED) is 0.372. The number of thiazole rings is 1. The van der Waals surface area contributed by atoms with E-state index in [0.717, 1.165) is 16.9 Å². The number of carbonyl (C=O) groups is 2. The molecule has 0 bridgehead atoms. The van der Waals surface area contributed by atoms with Crippen LogP contribution in [0, 0.1) is 17.0 Å². The van der Waals surface area contributed by atoms with Gasteiger partial charge in [0, 0.05) is 24.2 Å². The van der Waals surface area contributed by atoms with Gasteiger partial charge in [0.15, 0.2) is 4.80 Å². The molecule has 0 aliphatic carbocycles. The summed E-state index contributed by atoms with van der Waals surface area (Å²) in [6.07, 6.45) is 0.0884. The molecule has 9 heteroatoms. The lowest BCUT2D eigenvalue weighted by Gasteiger charge is -2.05. The number of benzene rings is 2. The number of hydrogen-bond acceptors (Lipinski definition) is 6. The van der Waals surface area contributed by atoms with E-state index in [-0.39, 0.29) is 18.7 Å². The molecule has 0 atom stereocenters. The van der Waals surface area contributed by atoms with Crippen LogP contribution in [0.15, 0.2) is 47.5 Å². The average molecular weight is 399 g/mol. The molecule has 8 nitrogen and oxygen atoms in total. The summed E-state index contributed by atoms with van der Waals surface area (Å²) in [5, 5.41) is 11.1. The summed E-state index contributed by atoms with van der Waals surface area (Å²) in [5.74, 6) is -0.809. The summed E-state index contributed by atoms with van der Waals surface area (Å²) >= 11 is 1.16. The van der Waals surface area contributed by atoms with Gasteiger partial charge in [0.25, 0.3) is 11.6 Å². The minimum absolute atomic E-state index is 0.0503. The zero-order chi connectivity index (χ0) is 20.3. The predicted molar refractivity (Wildman–Crippen MR) is 104 cm³/mol. The number of nitro groups is 1. The Kier molecular flexibility index (Phi) is 5.65. The molecule has 0 saturated heterocycles. The maximum Gasteiger partial charge on any atom is 0.307 e. The molecule has 0 saturated carbocycles. The molecule has 0 unspecified atom stereocenters. The van der Waals surface area contributed by atoms with Gasteiger partial charge in [-0.15, -0.1) is 0 Å². The normalized spacial score (nSPS) is 11.6. The molecule has 0 radical (unpaired) electrons. The van der Waals surface area contributed by atoms with E-state index in [2.05, 4.69) is 9.73 Å². The fourth-order valence-electron chi connectivity index (χ4n) is 2.74. The molecular formula is C19H17N3O5S. The van der Waals surface area contributed by atoms with Gasteiger partial charge in [-0.25, -0.2) is 0 Å². The second-order valence-corrected chi connectivity index (χ2v) is 7.01. The van der Waals surface area contributed by atoms with Gasteiger partial charge < -0.3 is 9.30 Å². The Morgan fingerprint density at radius 2 is 2.00 bits per heavy atom. The van der Waals surface area contributed by atoms with Crippen LogP contribution < -0.4 is 4.80 Å². The van der Waals surface area contributed by atoms with Crippen LogP contribution in [-0.4, -0.2) is 28.5 Å². The fourth-order valence-corrected chi connectivity index (χ4v) is 3.83. The number of methoxy groups -OCH3 is 1. The van der Waals surface area contributed by atoms with Crippen LogP contribution in [0.5, 0.6) is 0 Å². The Morgan fingerprint density at radius 1 is 1.25 bits per heavy atom. The van der Waals surface area contributed by atoms with Crippen molar-refractivity contribution in [1.29, 1.82) is 0 Å². The van der Waals surface area contributed by atoms with Crippen LogP contribution in [0.4, 0.5) is 5.69 Å². The number of nitrogens with zero attached hydrogens (tertiary/aromatic N) is 3. The third-order valence-electron chi connectivity index (χ3n) is 4.22. The van der Waals surface area contributed by atoms with Gasteiger partial charge in [-0.1, -0.05) is 29.5 Å². The number of hydrogen-bond donors (Lipinski definition) is 0. The number of ether oxygens (including phenoxy) is 1. The van der Waals surface area contributed by atoms with Gasteiger partial charge in [-0.3, -0.25) is 19.7 Å². The van der Waals surface area contributed by atoms with E-state index in [1.165, 1.54) is 19.2 Å². The summed E-state index contributed by atoms with van der Waals surface area (Å²) in [4.78, 5) is 39.4. The van der Waals surface area contributed by atoms with Crippen molar-refractivity contribution in [3.05, 3.63) is 68.5 Å². The number of carbonyl (C=O) groups excluding carboxylic acids is 2. The van der Waals surface area contributed by atoms with Crippen LogP contribution in [0.25, 0.3) is 10.2 Å². The molecule has 0 fully saturated rings. The summed E-state index contributed by atoms with van der Waals surface area (Å²) < 4.78 is 6.99. The summed E-state index contributed by atoms with van der Waals surface area (Å²) in [6.45, 7) is 2.06. The first-order valence-corrected chi connectivity index (χ1v) is 9.21. The van der Waals surface area contributed by atoms with Crippen LogP contribution in [0.2, 0.25) is 0 Å². The molecule has 3 rings (SSSR count). The molecular weight excluding hydrogens is 382 g/mol. The number of fused-ring (bicyclic) bond motifs is 1. The van der Waals surface area contributed by atoms with Gasteiger partial charge in [0.2, 0.25) is 0 Å². The van der Waals surface area contributed by atoms with Crippen molar-refractivity contribution in [3.8, 4) is 0 Å². The highest BCUT2D eigenvalue weighted by atomic mass is 32.1. The van der Waals surface area contributed by atoms with Crippen molar-refractivity contribution in [1.82, 2.24) is 4.57 Å². The first kappa shape index (κ1) is 19.4. The standard InChI is InChI=1S/C19H17N3O5S/c1-12-5-3-4-6-14(12)18(24)20-19-21(10-9-17(23)27-2)15-8-7-13(22(25)26)11-16(15)28-19/h3-8,11H,9-10H2,1-2H3.